The number of benzene rings is 2. The van der Waals surface area contributed by atoms with Crippen LogP contribution in [0.25, 0.3) is 0 Å². The summed E-state index contributed by atoms with van der Waals surface area (Å²) in [6.45, 7) is 1.71. The van der Waals surface area contributed by atoms with Crippen LogP contribution in [-0.4, -0.2) is 53.5 Å². The first-order chi connectivity index (χ1) is 13.1. The second-order valence-electron chi connectivity index (χ2n) is 6.95. The highest BCUT2D eigenvalue weighted by Gasteiger charge is 2.43. The number of carbonyl (C=O) groups excluding carboxylic acids is 2. The first kappa shape index (κ1) is 17.7. The molecule has 2 fully saturated rings. The minimum Gasteiger partial charge on any atom is -0.374 e. The van der Waals surface area contributed by atoms with Crippen molar-refractivity contribution in [1.29, 1.82) is 0 Å². The van der Waals surface area contributed by atoms with E-state index in [1.807, 2.05) is 35.2 Å². The number of amides is 2. The average Bonchev–Trinajstić information content (AvgIpc) is 3.05. The summed E-state index contributed by atoms with van der Waals surface area (Å²) in [6.07, 6.45) is 0.149. The van der Waals surface area contributed by atoms with E-state index in [1.54, 1.807) is 4.90 Å². The van der Waals surface area contributed by atoms with Gasteiger partial charge in [-0.25, -0.2) is 4.39 Å². The largest absolute Gasteiger partial charge is 0.374 e. The highest BCUT2D eigenvalue weighted by atomic mass is 19.1. The van der Waals surface area contributed by atoms with E-state index in [4.69, 9.17) is 4.74 Å². The molecule has 0 N–H and O–H groups in total. The molecular weight excluding hydrogens is 347 g/mol. The van der Waals surface area contributed by atoms with Crippen molar-refractivity contribution in [3.8, 4) is 0 Å². The zero-order valence-electron chi connectivity index (χ0n) is 14.9. The lowest BCUT2D eigenvalue weighted by Gasteiger charge is -2.29. The fraction of sp³-hybridized carbons (Fsp3) is 0.333. The van der Waals surface area contributed by atoms with Crippen molar-refractivity contribution in [2.45, 2.75) is 25.1 Å². The molecular formula is C21H21FN2O3. The lowest BCUT2D eigenvalue weighted by atomic mass is 10.1. The smallest absolute Gasteiger partial charge is 0.254 e. The molecule has 0 aliphatic carbocycles. The molecule has 4 rings (SSSR count). The molecule has 0 saturated carbocycles. The van der Waals surface area contributed by atoms with Gasteiger partial charge in [0, 0.05) is 25.2 Å². The normalized spacial score (nSPS) is 22.5. The number of hydrogen-bond donors (Lipinski definition) is 0. The topological polar surface area (TPSA) is 49.9 Å². The monoisotopic (exact) mass is 368 g/mol. The van der Waals surface area contributed by atoms with Crippen LogP contribution in [0.4, 0.5) is 4.39 Å². The van der Waals surface area contributed by atoms with E-state index in [0.717, 1.165) is 5.56 Å². The van der Waals surface area contributed by atoms with Crippen LogP contribution in [0.1, 0.15) is 22.3 Å². The van der Waals surface area contributed by atoms with Crippen molar-refractivity contribution < 1.29 is 18.7 Å². The molecule has 140 valence electrons. The van der Waals surface area contributed by atoms with Crippen LogP contribution in [0.2, 0.25) is 0 Å². The van der Waals surface area contributed by atoms with E-state index >= 15 is 0 Å². The summed E-state index contributed by atoms with van der Waals surface area (Å²) >= 11 is 0. The summed E-state index contributed by atoms with van der Waals surface area (Å²) < 4.78 is 19.0. The number of halogens is 1. The predicted molar refractivity (Wildman–Crippen MR) is 97.4 cm³/mol. The van der Waals surface area contributed by atoms with Crippen LogP contribution in [-0.2, 0) is 16.1 Å². The van der Waals surface area contributed by atoms with Gasteiger partial charge in [0.2, 0.25) is 5.91 Å². The highest BCUT2D eigenvalue weighted by molar-refractivity contribution is 5.94. The number of carbonyl (C=O) groups is 2. The molecule has 2 heterocycles. The Kier molecular flexibility index (Phi) is 4.90. The van der Waals surface area contributed by atoms with Gasteiger partial charge in [-0.2, -0.15) is 0 Å². The third-order valence-corrected chi connectivity index (χ3v) is 5.18. The van der Waals surface area contributed by atoms with Crippen LogP contribution >= 0.6 is 0 Å². The minimum atomic E-state index is -0.374. The van der Waals surface area contributed by atoms with Crippen molar-refractivity contribution in [2.24, 2.45) is 0 Å². The molecule has 5 nitrogen and oxygen atoms in total. The maximum absolute atomic E-state index is 13.1. The Balaban J connectivity index is 1.54. The van der Waals surface area contributed by atoms with Crippen molar-refractivity contribution in [1.82, 2.24) is 9.80 Å². The minimum absolute atomic E-state index is 0.0439. The lowest BCUT2D eigenvalue weighted by Crippen LogP contribution is -2.45. The number of hydrogen-bond acceptors (Lipinski definition) is 3. The Morgan fingerprint density at radius 2 is 1.81 bits per heavy atom. The number of rotatable bonds is 3. The molecule has 0 spiro atoms. The van der Waals surface area contributed by atoms with E-state index in [1.165, 1.54) is 24.3 Å². The third-order valence-electron chi connectivity index (χ3n) is 5.18. The van der Waals surface area contributed by atoms with Gasteiger partial charge < -0.3 is 14.5 Å². The molecule has 2 aliphatic rings. The van der Waals surface area contributed by atoms with Gasteiger partial charge in [0.1, 0.15) is 5.82 Å². The maximum Gasteiger partial charge on any atom is 0.254 e. The Morgan fingerprint density at radius 1 is 1.07 bits per heavy atom. The van der Waals surface area contributed by atoms with Gasteiger partial charge in [-0.15, -0.1) is 0 Å². The molecule has 2 aliphatic heterocycles. The lowest BCUT2D eigenvalue weighted by molar-refractivity contribution is -0.133. The van der Waals surface area contributed by atoms with E-state index in [2.05, 4.69) is 0 Å². The van der Waals surface area contributed by atoms with E-state index in [9.17, 15) is 14.0 Å². The second-order valence-corrected chi connectivity index (χ2v) is 6.95. The Bertz CT molecular complexity index is 825. The molecule has 2 aromatic rings. The third kappa shape index (κ3) is 3.71. The summed E-state index contributed by atoms with van der Waals surface area (Å²) in [5.41, 5.74) is 1.49. The highest BCUT2D eigenvalue weighted by Crippen LogP contribution is 2.26. The fourth-order valence-electron chi connectivity index (χ4n) is 3.77. The first-order valence-corrected chi connectivity index (χ1v) is 9.11. The summed E-state index contributed by atoms with van der Waals surface area (Å²) in [7, 11) is 0. The van der Waals surface area contributed by atoms with Gasteiger partial charge in [0.05, 0.1) is 25.2 Å². The number of nitrogens with zero attached hydrogens (tertiary/aromatic N) is 2. The quantitative estimate of drug-likeness (QED) is 0.836. The van der Waals surface area contributed by atoms with Gasteiger partial charge in [0.15, 0.2) is 0 Å². The molecule has 2 atom stereocenters. The number of likely N-dealkylation sites (tertiary alicyclic amines) is 1. The fourth-order valence-corrected chi connectivity index (χ4v) is 3.77. The van der Waals surface area contributed by atoms with Crippen molar-refractivity contribution in [3.05, 3.63) is 71.5 Å². The molecule has 6 heteroatoms. The van der Waals surface area contributed by atoms with Crippen LogP contribution in [0.5, 0.6) is 0 Å². The van der Waals surface area contributed by atoms with Gasteiger partial charge in [-0.1, -0.05) is 30.3 Å². The van der Waals surface area contributed by atoms with Crippen molar-refractivity contribution >= 4 is 11.8 Å². The number of fused-ring (bicyclic) bond motifs is 1. The Labute approximate surface area is 157 Å². The molecule has 2 saturated heterocycles. The maximum atomic E-state index is 13.1. The van der Waals surface area contributed by atoms with Crippen molar-refractivity contribution in [2.75, 3.05) is 19.7 Å². The molecule has 0 aromatic heterocycles. The molecule has 2 aromatic carbocycles. The summed E-state index contributed by atoms with van der Waals surface area (Å²) in [5, 5.41) is 0. The molecule has 0 bridgehead atoms. The summed E-state index contributed by atoms with van der Waals surface area (Å²) in [4.78, 5) is 29.0. The standard InChI is InChI=1S/C21H21FN2O3/c22-17-8-6-16(7-9-17)21(26)23-13-18-19(14-23)27-11-10-20(25)24(18)12-15-4-2-1-3-5-15/h1-9,18-19H,10-14H2/t18-,19-/m0/s1. The van der Waals surface area contributed by atoms with Crippen LogP contribution in [0.3, 0.4) is 0 Å². The van der Waals surface area contributed by atoms with E-state index in [0.29, 0.717) is 38.2 Å². The van der Waals surface area contributed by atoms with Gasteiger partial charge in [-0.3, -0.25) is 9.59 Å². The van der Waals surface area contributed by atoms with Crippen molar-refractivity contribution in [3.63, 3.8) is 0 Å². The SMILES string of the molecule is O=C(c1ccc(F)cc1)N1C[C@@H]2OCCC(=O)N(Cc3ccccc3)[C@H]2C1. The zero-order chi connectivity index (χ0) is 18.8. The number of ether oxygens (including phenoxy) is 1. The molecule has 2 amide bonds. The summed E-state index contributed by atoms with van der Waals surface area (Å²) in [6, 6.07) is 15.2. The van der Waals surface area contributed by atoms with E-state index in [-0.39, 0.29) is 29.8 Å². The Morgan fingerprint density at radius 3 is 2.56 bits per heavy atom. The van der Waals surface area contributed by atoms with Gasteiger partial charge >= 0.3 is 0 Å². The average molecular weight is 368 g/mol. The van der Waals surface area contributed by atoms with Crippen LogP contribution in [0, 0.1) is 5.82 Å². The second kappa shape index (κ2) is 7.48. The molecule has 0 radical (unpaired) electrons. The first-order valence-electron chi connectivity index (χ1n) is 9.11. The molecule has 27 heavy (non-hydrogen) atoms. The summed E-state index contributed by atoms with van der Waals surface area (Å²) in [5.74, 6) is -0.498. The Hall–Kier alpha value is -2.73. The van der Waals surface area contributed by atoms with E-state index < -0.39 is 0 Å². The van der Waals surface area contributed by atoms with Gasteiger partial charge in [0.25, 0.3) is 5.91 Å². The predicted octanol–water partition coefficient (Wildman–Crippen LogP) is 2.47. The zero-order valence-corrected chi connectivity index (χ0v) is 14.9. The van der Waals surface area contributed by atoms with Gasteiger partial charge in [-0.05, 0) is 29.8 Å². The van der Waals surface area contributed by atoms with Crippen LogP contribution in [0.15, 0.2) is 54.6 Å². The molecule has 0 unspecified atom stereocenters. The van der Waals surface area contributed by atoms with Crippen LogP contribution < -0.4 is 0 Å².